The van der Waals surface area contributed by atoms with Crippen molar-refractivity contribution < 1.29 is 0 Å². The highest BCUT2D eigenvalue weighted by Gasteiger charge is 2.15. The van der Waals surface area contributed by atoms with Gasteiger partial charge >= 0.3 is 0 Å². The van der Waals surface area contributed by atoms with Crippen molar-refractivity contribution in [1.82, 2.24) is 19.5 Å². The maximum atomic E-state index is 9.53. The van der Waals surface area contributed by atoms with Crippen LogP contribution in [0.3, 0.4) is 0 Å². The number of fused-ring (bicyclic) bond motifs is 3. The van der Waals surface area contributed by atoms with E-state index in [1.54, 1.807) is 0 Å². The fourth-order valence-electron chi connectivity index (χ4n) is 5.02. The average Bonchev–Trinajstić information content (AvgIpc) is 3.35. The minimum Gasteiger partial charge on any atom is -0.309 e. The number of benzene rings is 5. The first kappa shape index (κ1) is 22.6. The number of para-hydroxylation sites is 1. The molecule has 0 saturated carbocycles. The lowest BCUT2D eigenvalue weighted by Crippen LogP contribution is -2.00. The molecule has 0 aliphatic heterocycles. The van der Waals surface area contributed by atoms with Gasteiger partial charge in [-0.1, -0.05) is 84.9 Å². The largest absolute Gasteiger partial charge is 0.309 e. The van der Waals surface area contributed by atoms with Crippen molar-refractivity contribution >= 4 is 21.8 Å². The summed E-state index contributed by atoms with van der Waals surface area (Å²) in [7, 11) is 0. The van der Waals surface area contributed by atoms with Gasteiger partial charge in [-0.25, -0.2) is 15.0 Å². The number of nitrogens with zero attached hydrogens (tertiary/aromatic N) is 5. The van der Waals surface area contributed by atoms with Gasteiger partial charge in [0.15, 0.2) is 17.5 Å². The van der Waals surface area contributed by atoms with E-state index in [1.807, 2.05) is 103 Å². The molecule has 5 heteroatoms. The van der Waals surface area contributed by atoms with E-state index in [-0.39, 0.29) is 0 Å². The Hall–Kier alpha value is -5.60. The van der Waals surface area contributed by atoms with Gasteiger partial charge in [0.1, 0.15) is 0 Å². The number of hydrogen-bond donors (Lipinski definition) is 0. The van der Waals surface area contributed by atoms with Gasteiger partial charge in [0.05, 0.1) is 22.7 Å². The molecule has 39 heavy (non-hydrogen) atoms. The molecular formula is C34H21N5. The molecule has 0 atom stereocenters. The summed E-state index contributed by atoms with van der Waals surface area (Å²) in [5, 5.41) is 11.8. The molecule has 0 amide bonds. The van der Waals surface area contributed by atoms with Crippen LogP contribution in [-0.2, 0) is 0 Å². The van der Waals surface area contributed by atoms with Gasteiger partial charge in [-0.2, -0.15) is 5.26 Å². The molecule has 7 rings (SSSR count). The maximum Gasteiger partial charge on any atom is 0.164 e. The van der Waals surface area contributed by atoms with Crippen LogP contribution in [0.25, 0.3) is 61.7 Å². The molecule has 5 aromatic carbocycles. The van der Waals surface area contributed by atoms with Gasteiger partial charge < -0.3 is 4.57 Å². The Morgan fingerprint density at radius 1 is 0.487 bits per heavy atom. The first-order valence-corrected chi connectivity index (χ1v) is 12.7. The second-order valence-electron chi connectivity index (χ2n) is 9.28. The highest BCUT2D eigenvalue weighted by molar-refractivity contribution is 6.09. The summed E-state index contributed by atoms with van der Waals surface area (Å²) in [5.74, 6) is 1.88. The minimum absolute atomic E-state index is 0.614. The normalized spacial score (nSPS) is 11.1. The molecule has 2 aromatic heterocycles. The van der Waals surface area contributed by atoms with Gasteiger partial charge in [-0.3, -0.25) is 0 Å². The van der Waals surface area contributed by atoms with Gasteiger partial charge in [0.25, 0.3) is 0 Å². The molecule has 0 N–H and O–H groups in total. The van der Waals surface area contributed by atoms with E-state index in [9.17, 15) is 5.26 Å². The average molecular weight is 500 g/mol. The first-order valence-electron chi connectivity index (χ1n) is 12.7. The van der Waals surface area contributed by atoms with Gasteiger partial charge in [0, 0.05) is 33.2 Å². The number of rotatable bonds is 4. The van der Waals surface area contributed by atoms with E-state index in [0.717, 1.165) is 44.2 Å². The fraction of sp³-hybridized carbons (Fsp3) is 0. The lowest BCUT2D eigenvalue weighted by molar-refractivity contribution is 1.07. The monoisotopic (exact) mass is 499 g/mol. The van der Waals surface area contributed by atoms with Crippen LogP contribution in [0, 0.1) is 11.3 Å². The van der Waals surface area contributed by atoms with E-state index >= 15 is 0 Å². The van der Waals surface area contributed by atoms with Crippen LogP contribution in [0.15, 0.2) is 127 Å². The van der Waals surface area contributed by atoms with Crippen molar-refractivity contribution in [2.45, 2.75) is 0 Å². The van der Waals surface area contributed by atoms with Crippen molar-refractivity contribution in [1.29, 1.82) is 5.26 Å². The molecular weight excluding hydrogens is 478 g/mol. The molecule has 5 nitrogen and oxygen atoms in total. The van der Waals surface area contributed by atoms with Crippen LogP contribution < -0.4 is 0 Å². The molecule has 7 aromatic rings. The number of hydrogen-bond acceptors (Lipinski definition) is 4. The second kappa shape index (κ2) is 9.37. The number of nitriles is 1. The van der Waals surface area contributed by atoms with Crippen LogP contribution >= 0.6 is 0 Å². The van der Waals surface area contributed by atoms with E-state index < -0.39 is 0 Å². The molecule has 0 aliphatic rings. The zero-order chi connectivity index (χ0) is 26.2. The summed E-state index contributed by atoms with van der Waals surface area (Å²) in [4.78, 5) is 14.5. The third-order valence-corrected chi connectivity index (χ3v) is 6.89. The van der Waals surface area contributed by atoms with Crippen molar-refractivity contribution in [2.24, 2.45) is 0 Å². The molecule has 2 heterocycles. The quantitative estimate of drug-likeness (QED) is 0.247. The zero-order valence-electron chi connectivity index (χ0n) is 20.9. The summed E-state index contributed by atoms with van der Waals surface area (Å²) >= 11 is 0. The third-order valence-electron chi connectivity index (χ3n) is 6.89. The van der Waals surface area contributed by atoms with Crippen molar-refractivity contribution in [3.63, 3.8) is 0 Å². The van der Waals surface area contributed by atoms with E-state index in [1.165, 1.54) is 0 Å². The Bertz CT molecular complexity index is 1940. The fourth-order valence-corrected chi connectivity index (χ4v) is 5.02. The SMILES string of the molecule is N#Cc1ccc2c3ccccc3n(-c3ccc(-c4nc(-c5ccccc5)nc(-c5ccccc5)n4)cc3)c2c1. The Morgan fingerprint density at radius 3 is 1.59 bits per heavy atom. The van der Waals surface area contributed by atoms with E-state index in [4.69, 9.17) is 15.0 Å². The van der Waals surface area contributed by atoms with Crippen molar-refractivity contribution in [2.75, 3.05) is 0 Å². The smallest absolute Gasteiger partial charge is 0.164 e. The molecule has 0 saturated heterocycles. The van der Waals surface area contributed by atoms with Gasteiger partial charge in [0.2, 0.25) is 0 Å². The molecule has 0 unspecified atom stereocenters. The lowest BCUT2D eigenvalue weighted by Gasteiger charge is -2.11. The Morgan fingerprint density at radius 2 is 1.00 bits per heavy atom. The zero-order valence-corrected chi connectivity index (χ0v) is 20.9. The van der Waals surface area contributed by atoms with Crippen LogP contribution in [0.2, 0.25) is 0 Å². The Labute approximate surface area is 225 Å². The molecule has 0 spiro atoms. The molecule has 0 radical (unpaired) electrons. The standard InChI is InChI=1S/C34H21N5/c35-22-23-15-20-29-28-13-7-8-14-30(28)39(31(29)21-23)27-18-16-26(17-19-27)34-37-32(24-9-3-1-4-10-24)36-33(38-34)25-11-5-2-6-12-25/h1-21H. The van der Waals surface area contributed by atoms with Crippen LogP contribution in [0.4, 0.5) is 0 Å². The van der Waals surface area contributed by atoms with Crippen LogP contribution in [-0.4, -0.2) is 19.5 Å². The van der Waals surface area contributed by atoms with E-state index in [0.29, 0.717) is 23.0 Å². The second-order valence-corrected chi connectivity index (χ2v) is 9.28. The maximum absolute atomic E-state index is 9.53. The summed E-state index contributed by atoms with van der Waals surface area (Å²) < 4.78 is 2.20. The van der Waals surface area contributed by atoms with Gasteiger partial charge in [-0.15, -0.1) is 0 Å². The predicted molar refractivity (Wildman–Crippen MR) is 155 cm³/mol. The molecule has 0 bridgehead atoms. The third kappa shape index (κ3) is 4.01. The summed E-state index contributed by atoms with van der Waals surface area (Å²) in [6, 6.07) is 44.6. The van der Waals surface area contributed by atoms with Crippen molar-refractivity contribution in [3.05, 3.63) is 133 Å². The van der Waals surface area contributed by atoms with Crippen LogP contribution in [0.1, 0.15) is 5.56 Å². The first-order chi connectivity index (χ1) is 19.3. The summed E-state index contributed by atoms with van der Waals surface area (Å²) in [6.07, 6.45) is 0. The minimum atomic E-state index is 0.614. The Balaban J connectivity index is 1.37. The predicted octanol–water partition coefficient (Wildman–Crippen LogP) is 7.84. The van der Waals surface area contributed by atoms with Gasteiger partial charge in [-0.05, 0) is 42.5 Å². The highest BCUT2D eigenvalue weighted by atomic mass is 15.0. The Kier molecular flexibility index (Phi) is 5.42. The van der Waals surface area contributed by atoms with Crippen LogP contribution in [0.5, 0.6) is 0 Å². The topological polar surface area (TPSA) is 67.4 Å². The molecule has 0 fully saturated rings. The number of aromatic nitrogens is 4. The molecule has 182 valence electrons. The van der Waals surface area contributed by atoms with E-state index in [2.05, 4.69) is 34.9 Å². The van der Waals surface area contributed by atoms with Crippen molar-refractivity contribution in [3.8, 4) is 45.9 Å². The highest BCUT2D eigenvalue weighted by Crippen LogP contribution is 2.33. The molecule has 0 aliphatic carbocycles. The summed E-state index contributed by atoms with van der Waals surface area (Å²) in [5.41, 5.74) is 6.50. The lowest BCUT2D eigenvalue weighted by atomic mass is 10.1. The summed E-state index contributed by atoms with van der Waals surface area (Å²) in [6.45, 7) is 0.